The van der Waals surface area contributed by atoms with Crippen molar-refractivity contribution in [3.8, 4) is 0 Å². The number of aromatic nitrogens is 1. The SMILES string of the molecule is CCc1ccc2c(c1)c(C=O)c(C(=O)O)n2C. The van der Waals surface area contributed by atoms with Crippen molar-refractivity contribution < 1.29 is 14.7 Å². The van der Waals surface area contributed by atoms with Crippen LogP contribution in [0.1, 0.15) is 33.3 Å². The lowest BCUT2D eigenvalue weighted by atomic mass is 10.1. The van der Waals surface area contributed by atoms with Crippen molar-refractivity contribution in [3.05, 3.63) is 35.0 Å². The molecule has 0 saturated heterocycles. The molecule has 0 aliphatic rings. The fourth-order valence-electron chi connectivity index (χ4n) is 2.12. The molecule has 0 unspecified atom stereocenters. The van der Waals surface area contributed by atoms with Crippen molar-refractivity contribution in [1.29, 1.82) is 0 Å². The highest BCUT2D eigenvalue weighted by atomic mass is 16.4. The molecule has 1 N–H and O–H groups in total. The predicted octanol–water partition coefficient (Wildman–Crippen LogP) is 2.25. The summed E-state index contributed by atoms with van der Waals surface area (Å²) in [5.41, 5.74) is 2.15. The molecule has 0 bridgehead atoms. The van der Waals surface area contributed by atoms with Crippen molar-refractivity contribution >= 4 is 23.2 Å². The zero-order chi connectivity index (χ0) is 12.6. The van der Waals surface area contributed by atoms with Gasteiger partial charge in [-0.15, -0.1) is 0 Å². The van der Waals surface area contributed by atoms with Crippen molar-refractivity contribution in [3.63, 3.8) is 0 Å². The third kappa shape index (κ3) is 1.62. The highest BCUT2D eigenvalue weighted by molar-refractivity contribution is 6.08. The van der Waals surface area contributed by atoms with E-state index in [4.69, 9.17) is 5.11 Å². The van der Waals surface area contributed by atoms with E-state index < -0.39 is 5.97 Å². The van der Waals surface area contributed by atoms with Crippen LogP contribution in [-0.2, 0) is 13.5 Å². The van der Waals surface area contributed by atoms with E-state index in [1.807, 2.05) is 25.1 Å². The summed E-state index contributed by atoms with van der Waals surface area (Å²) in [4.78, 5) is 22.2. The minimum Gasteiger partial charge on any atom is -0.477 e. The van der Waals surface area contributed by atoms with Gasteiger partial charge in [-0.1, -0.05) is 13.0 Å². The second-order valence-corrected chi connectivity index (χ2v) is 3.95. The number of carboxylic acids is 1. The summed E-state index contributed by atoms with van der Waals surface area (Å²) in [6.45, 7) is 2.02. The second-order valence-electron chi connectivity index (χ2n) is 3.95. The molecule has 0 radical (unpaired) electrons. The van der Waals surface area contributed by atoms with Crippen molar-refractivity contribution in [2.45, 2.75) is 13.3 Å². The summed E-state index contributed by atoms with van der Waals surface area (Å²) in [5, 5.41) is 9.83. The highest BCUT2D eigenvalue weighted by Gasteiger charge is 2.19. The average molecular weight is 231 g/mol. The number of aldehydes is 1. The molecule has 1 aromatic carbocycles. The third-order valence-electron chi connectivity index (χ3n) is 3.03. The van der Waals surface area contributed by atoms with E-state index in [2.05, 4.69) is 0 Å². The van der Waals surface area contributed by atoms with Crippen LogP contribution in [0.2, 0.25) is 0 Å². The number of carbonyl (C=O) groups excluding carboxylic acids is 1. The smallest absolute Gasteiger partial charge is 0.353 e. The number of carbonyl (C=O) groups is 2. The van der Waals surface area contributed by atoms with Gasteiger partial charge in [0.15, 0.2) is 6.29 Å². The van der Waals surface area contributed by atoms with Gasteiger partial charge in [0, 0.05) is 18.0 Å². The third-order valence-corrected chi connectivity index (χ3v) is 3.03. The Morgan fingerprint density at radius 2 is 2.18 bits per heavy atom. The summed E-state index contributed by atoms with van der Waals surface area (Å²) in [7, 11) is 1.66. The molecule has 2 rings (SSSR count). The van der Waals surface area contributed by atoms with E-state index in [0.717, 1.165) is 17.5 Å². The Morgan fingerprint density at radius 1 is 1.47 bits per heavy atom. The number of hydrogen-bond acceptors (Lipinski definition) is 2. The van der Waals surface area contributed by atoms with Crippen LogP contribution in [0.3, 0.4) is 0 Å². The fraction of sp³-hybridized carbons (Fsp3) is 0.231. The van der Waals surface area contributed by atoms with Crippen molar-refractivity contribution in [2.75, 3.05) is 0 Å². The Labute approximate surface area is 98.5 Å². The molecule has 0 amide bonds. The molecule has 1 heterocycles. The van der Waals surface area contributed by atoms with E-state index in [1.54, 1.807) is 11.6 Å². The molecule has 0 fully saturated rings. The Morgan fingerprint density at radius 3 is 2.71 bits per heavy atom. The maximum Gasteiger partial charge on any atom is 0.353 e. The summed E-state index contributed by atoms with van der Waals surface area (Å²) >= 11 is 0. The number of fused-ring (bicyclic) bond motifs is 1. The van der Waals surface area contributed by atoms with Gasteiger partial charge < -0.3 is 9.67 Å². The lowest BCUT2D eigenvalue weighted by molar-refractivity contribution is 0.0684. The van der Waals surface area contributed by atoms with Gasteiger partial charge in [0.05, 0.1) is 5.56 Å². The second kappa shape index (κ2) is 4.05. The van der Waals surface area contributed by atoms with E-state index in [0.29, 0.717) is 11.7 Å². The first-order valence-corrected chi connectivity index (χ1v) is 5.40. The Bertz CT molecular complexity index is 611. The van der Waals surface area contributed by atoms with Crippen LogP contribution < -0.4 is 0 Å². The van der Waals surface area contributed by atoms with Gasteiger partial charge in [-0.2, -0.15) is 0 Å². The summed E-state index contributed by atoms with van der Waals surface area (Å²) in [6.07, 6.45) is 1.47. The van der Waals surface area contributed by atoms with Crippen molar-refractivity contribution in [1.82, 2.24) is 4.57 Å². The van der Waals surface area contributed by atoms with Crippen LogP contribution in [-0.4, -0.2) is 21.9 Å². The van der Waals surface area contributed by atoms with Gasteiger partial charge in [-0.25, -0.2) is 4.79 Å². The van der Waals surface area contributed by atoms with Crippen LogP contribution in [0, 0.1) is 0 Å². The van der Waals surface area contributed by atoms with Crippen molar-refractivity contribution in [2.24, 2.45) is 7.05 Å². The molecule has 4 heteroatoms. The first kappa shape index (κ1) is 11.4. The molecule has 1 aromatic heterocycles. The molecule has 0 saturated carbocycles. The number of carboxylic acid groups (broad SMARTS) is 1. The van der Waals surface area contributed by atoms with Crippen LogP contribution in [0.5, 0.6) is 0 Å². The molecular formula is C13H13NO3. The Kier molecular flexibility index (Phi) is 2.71. The lowest BCUT2D eigenvalue weighted by Gasteiger charge is -2.00. The minimum atomic E-state index is -1.08. The van der Waals surface area contributed by atoms with Crippen LogP contribution in [0.15, 0.2) is 18.2 Å². The maximum absolute atomic E-state index is 11.1. The quantitative estimate of drug-likeness (QED) is 0.824. The first-order chi connectivity index (χ1) is 8.10. The molecule has 2 aromatic rings. The monoisotopic (exact) mass is 231 g/mol. The number of aromatic carboxylic acids is 1. The molecule has 0 atom stereocenters. The van der Waals surface area contributed by atoms with E-state index in [9.17, 15) is 9.59 Å². The van der Waals surface area contributed by atoms with E-state index in [-0.39, 0.29) is 11.3 Å². The van der Waals surface area contributed by atoms with Crippen LogP contribution in [0.25, 0.3) is 10.9 Å². The Balaban J connectivity index is 2.89. The fourth-order valence-corrected chi connectivity index (χ4v) is 2.12. The number of rotatable bonds is 3. The molecule has 0 aliphatic carbocycles. The molecule has 0 spiro atoms. The standard InChI is InChI=1S/C13H13NO3/c1-3-8-4-5-11-9(6-8)10(7-15)12(13(16)17)14(11)2/h4-7H,3H2,1-2H3,(H,16,17). The average Bonchev–Trinajstić information content (AvgIpc) is 2.61. The first-order valence-electron chi connectivity index (χ1n) is 5.40. The largest absolute Gasteiger partial charge is 0.477 e. The number of nitrogens with zero attached hydrogens (tertiary/aromatic N) is 1. The lowest BCUT2D eigenvalue weighted by Crippen LogP contribution is -2.06. The van der Waals surface area contributed by atoms with Gasteiger partial charge in [-0.05, 0) is 24.1 Å². The summed E-state index contributed by atoms with van der Waals surface area (Å²) in [5.74, 6) is -1.08. The van der Waals surface area contributed by atoms with Gasteiger partial charge in [-0.3, -0.25) is 4.79 Å². The predicted molar refractivity (Wildman–Crippen MR) is 64.6 cm³/mol. The molecule has 88 valence electrons. The van der Waals surface area contributed by atoms with Crippen LogP contribution in [0.4, 0.5) is 0 Å². The Hall–Kier alpha value is -2.10. The van der Waals surface area contributed by atoms with Gasteiger partial charge >= 0.3 is 5.97 Å². The van der Waals surface area contributed by atoms with E-state index >= 15 is 0 Å². The molecule has 17 heavy (non-hydrogen) atoms. The van der Waals surface area contributed by atoms with Crippen LogP contribution >= 0.6 is 0 Å². The van der Waals surface area contributed by atoms with Gasteiger partial charge in [0.1, 0.15) is 5.69 Å². The zero-order valence-electron chi connectivity index (χ0n) is 9.73. The van der Waals surface area contributed by atoms with Gasteiger partial charge in [0.25, 0.3) is 0 Å². The summed E-state index contributed by atoms with van der Waals surface area (Å²) in [6, 6.07) is 5.68. The van der Waals surface area contributed by atoms with Gasteiger partial charge in [0.2, 0.25) is 0 Å². The maximum atomic E-state index is 11.1. The molecule has 4 nitrogen and oxygen atoms in total. The van der Waals surface area contributed by atoms with E-state index in [1.165, 1.54) is 0 Å². The molecule has 0 aliphatic heterocycles. The highest BCUT2D eigenvalue weighted by Crippen LogP contribution is 2.25. The normalized spacial score (nSPS) is 10.7. The minimum absolute atomic E-state index is 0.0447. The number of aryl methyl sites for hydroxylation is 2. The zero-order valence-corrected chi connectivity index (χ0v) is 9.73. The summed E-state index contributed by atoms with van der Waals surface area (Å²) < 4.78 is 1.54. The number of hydrogen-bond donors (Lipinski definition) is 1. The topological polar surface area (TPSA) is 59.3 Å². The number of benzene rings is 1. The molecular weight excluding hydrogens is 218 g/mol.